The number of hydrogen-bond acceptors (Lipinski definition) is 4. The minimum Gasteiger partial charge on any atom is -0.284 e. The second-order valence-corrected chi connectivity index (χ2v) is 8.49. The van der Waals surface area contributed by atoms with Gasteiger partial charge in [0, 0.05) is 12.2 Å². The highest BCUT2D eigenvalue weighted by molar-refractivity contribution is 7.92. The van der Waals surface area contributed by atoms with Gasteiger partial charge in [0.25, 0.3) is 0 Å². The first-order valence-electron chi connectivity index (χ1n) is 6.18. The molecule has 0 aliphatic carbocycles. The number of nitrogens with one attached hydrogen (secondary N) is 2. The number of hydrogen-bond donors (Lipinski definition) is 2. The van der Waals surface area contributed by atoms with E-state index >= 15 is 0 Å². The molecule has 0 unspecified atom stereocenters. The monoisotopic (exact) mass is 320 g/mol. The zero-order valence-electron chi connectivity index (χ0n) is 11.8. The van der Waals surface area contributed by atoms with Crippen molar-refractivity contribution in [1.82, 2.24) is 4.72 Å². The van der Waals surface area contributed by atoms with Crippen LogP contribution in [-0.2, 0) is 20.0 Å². The molecular weight excluding hydrogens is 300 g/mol. The molecule has 0 aliphatic heterocycles. The van der Waals surface area contributed by atoms with Crippen LogP contribution in [0.4, 0.5) is 5.69 Å². The normalized spacial score (nSPS) is 12.6. The fraction of sp³-hybridized carbons (Fsp3) is 0.500. The largest absolute Gasteiger partial charge is 0.284 e. The topological polar surface area (TPSA) is 92.3 Å². The summed E-state index contributed by atoms with van der Waals surface area (Å²) in [5, 5.41) is 0. The first kappa shape index (κ1) is 16.9. The van der Waals surface area contributed by atoms with Crippen molar-refractivity contribution in [2.75, 3.05) is 17.5 Å². The maximum absolute atomic E-state index is 12.0. The lowest BCUT2D eigenvalue weighted by atomic mass is 10.1. The first-order valence-corrected chi connectivity index (χ1v) is 9.55. The van der Waals surface area contributed by atoms with Crippen LogP contribution in [0, 0.1) is 5.92 Å². The van der Waals surface area contributed by atoms with Gasteiger partial charge in [-0.05, 0) is 36.6 Å². The summed E-state index contributed by atoms with van der Waals surface area (Å²) in [7, 11) is -6.91. The van der Waals surface area contributed by atoms with Crippen LogP contribution in [0.2, 0.25) is 0 Å². The van der Waals surface area contributed by atoms with Gasteiger partial charge in [0.15, 0.2) is 0 Å². The first-order chi connectivity index (χ1) is 9.10. The zero-order chi connectivity index (χ0) is 15.4. The minimum absolute atomic E-state index is 0.111. The van der Waals surface area contributed by atoms with Crippen LogP contribution in [-0.4, -0.2) is 29.6 Å². The molecule has 0 spiro atoms. The van der Waals surface area contributed by atoms with E-state index in [2.05, 4.69) is 9.44 Å². The SMILES string of the molecule is CC(C)CCNS(=O)(=O)c1ccc(NS(C)(=O)=O)cc1. The Bertz CT molecular complexity index is 635. The van der Waals surface area contributed by atoms with Gasteiger partial charge >= 0.3 is 0 Å². The lowest BCUT2D eigenvalue weighted by molar-refractivity contribution is 0.551. The lowest BCUT2D eigenvalue weighted by Gasteiger charge is -2.09. The van der Waals surface area contributed by atoms with Gasteiger partial charge in [0.1, 0.15) is 0 Å². The maximum atomic E-state index is 12.0. The Balaban J connectivity index is 2.77. The quantitative estimate of drug-likeness (QED) is 0.794. The van der Waals surface area contributed by atoms with Gasteiger partial charge in [0.2, 0.25) is 20.0 Å². The molecule has 0 saturated heterocycles. The number of benzene rings is 1. The molecule has 0 bridgehead atoms. The van der Waals surface area contributed by atoms with Crippen molar-refractivity contribution in [1.29, 1.82) is 0 Å². The van der Waals surface area contributed by atoms with E-state index in [1.807, 2.05) is 13.8 Å². The van der Waals surface area contributed by atoms with Gasteiger partial charge in [-0.2, -0.15) is 0 Å². The van der Waals surface area contributed by atoms with E-state index in [0.29, 0.717) is 18.2 Å². The lowest BCUT2D eigenvalue weighted by Crippen LogP contribution is -2.25. The van der Waals surface area contributed by atoms with Gasteiger partial charge < -0.3 is 0 Å². The molecule has 0 fully saturated rings. The van der Waals surface area contributed by atoms with Gasteiger partial charge in [-0.1, -0.05) is 13.8 Å². The third-order valence-corrected chi connectivity index (χ3v) is 4.57. The Hall–Kier alpha value is -1.12. The fourth-order valence-corrected chi connectivity index (χ4v) is 3.09. The van der Waals surface area contributed by atoms with Crippen molar-refractivity contribution >= 4 is 25.7 Å². The van der Waals surface area contributed by atoms with Crippen molar-refractivity contribution in [3.05, 3.63) is 24.3 Å². The molecular formula is C12H20N2O4S2. The van der Waals surface area contributed by atoms with Crippen LogP contribution < -0.4 is 9.44 Å². The van der Waals surface area contributed by atoms with E-state index in [4.69, 9.17) is 0 Å². The predicted molar refractivity (Wildman–Crippen MR) is 79.6 cm³/mol. The third kappa shape index (κ3) is 5.89. The third-order valence-electron chi connectivity index (χ3n) is 2.48. The summed E-state index contributed by atoms with van der Waals surface area (Å²) >= 11 is 0. The van der Waals surface area contributed by atoms with Crippen LogP contribution in [0.15, 0.2) is 29.2 Å². The molecule has 8 heteroatoms. The van der Waals surface area contributed by atoms with Gasteiger partial charge in [-0.3, -0.25) is 4.72 Å². The molecule has 1 aromatic carbocycles. The molecule has 20 heavy (non-hydrogen) atoms. The van der Waals surface area contributed by atoms with Gasteiger partial charge in [0.05, 0.1) is 11.2 Å². The second kappa shape index (κ2) is 6.55. The summed E-state index contributed by atoms with van der Waals surface area (Å²) in [6.45, 7) is 4.41. The van der Waals surface area contributed by atoms with Crippen LogP contribution in [0.25, 0.3) is 0 Å². The van der Waals surface area contributed by atoms with Crippen LogP contribution in [0.1, 0.15) is 20.3 Å². The van der Waals surface area contributed by atoms with Crippen LogP contribution in [0.5, 0.6) is 0 Å². The zero-order valence-corrected chi connectivity index (χ0v) is 13.4. The molecule has 0 saturated carbocycles. The van der Waals surface area contributed by atoms with Crippen molar-refractivity contribution in [3.8, 4) is 0 Å². The standard InChI is InChI=1S/C12H20N2O4S2/c1-10(2)8-9-13-20(17,18)12-6-4-11(5-7-12)14-19(3,15)16/h4-7,10,13-14H,8-9H2,1-3H3. The Morgan fingerprint density at radius 2 is 1.60 bits per heavy atom. The molecule has 0 aromatic heterocycles. The van der Waals surface area contributed by atoms with Crippen molar-refractivity contribution in [2.45, 2.75) is 25.2 Å². The van der Waals surface area contributed by atoms with Gasteiger partial charge in [-0.25, -0.2) is 21.6 Å². The molecule has 6 nitrogen and oxygen atoms in total. The summed E-state index contributed by atoms with van der Waals surface area (Å²) in [5.74, 6) is 0.416. The highest BCUT2D eigenvalue weighted by Crippen LogP contribution is 2.15. The van der Waals surface area contributed by atoms with E-state index in [1.165, 1.54) is 24.3 Å². The predicted octanol–water partition coefficient (Wildman–Crippen LogP) is 1.38. The average Bonchev–Trinajstić information content (AvgIpc) is 2.26. The van der Waals surface area contributed by atoms with E-state index < -0.39 is 20.0 Å². The molecule has 0 aliphatic rings. The molecule has 0 radical (unpaired) electrons. The molecule has 0 atom stereocenters. The Morgan fingerprint density at radius 1 is 1.05 bits per heavy atom. The molecule has 2 N–H and O–H groups in total. The molecule has 0 heterocycles. The average molecular weight is 320 g/mol. The Labute approximate surface area is 120 Å². The Kier molecular flexibility index (Phi) is 5.55. The number of rotatable bonds is 7. The molecule has 1 rings (SSSR count). The van der Waals surface area contributed by atoms with E-state index in [1.54, 1.807) is 0 Å². The Morgan fingerprint density at radius 3 is 2.05 bits per heavy atom. The summed E-state index contributed by atoms with van der Waals surface area (Å²) in [6.07, 6.45) is 1.79. The van der Waals surface area contributed by atoms with E-state index in [0.717, 1.165) is 12.7 Å². The molecule has 114 valence electrons. The van der Waals surface area contributed by atoms with Crippen molar-refractivity contribution < 1.29 is 16.8 Å². The fourth-order valence-electron chi connectivity index (χ4n) is 1.48. The highest BCUT2D eigenvalue weighted by atomic mass is 32.2. The maximum Gasteiger partial charge on any atom is 0.240 e. The molecule has 1 aromatic rings. The highest BCUT2D eigenvalue weighted by Gasteiger charge is 2.13. The number of sulfonamides is 2. The second-order valence-electron chi connectivity index (χ2n) is 4.98. The van der Waals surface area contributed by atoms with Gasteiger partial charge in [-0.15, -0.1) is 0 Å². The number of anilines is 1. The summed E-state index contributed by atoms with van der Waals surface area (Å²) in [6, 6.07) is 5.56. The summed E-state index contributed by atoms with van der Waals surface area (Å²) < 4.78 is 50.8. The van der Waals surface area contributed by atoms with Crippen molar-refractivity contribution in [2.24, 2.45) is 5.92 Å². The van der Waals surface area contributed by atoms with E-state index in [-0.39, 0.29) is 4.90 Å². The summed E-state index contributed by atoms with van der Waals surface area (Å²) in [5.41, 5.74) is 0.327. The minimum atomic E-state index is -3.54. The van der Waals surface area contributed by atoms with Crippen LogP contribution >= 0.6 is 0 Å². The summed E-state index contributed by atoms with van der Waals surface area (Å²) in [4.78, 5) is 0.111. The van der Waals surface area contributed by atoms with Crippen LogP contribution in [0.3, 0.4) is 0 Å². The smallest absolute Gasteiger partial charge is 0.240 e. The van der Waals surface area contributed by atoms with E-state index in [9.17, 15) is 16.8 Å². The van der Waals surface area contributed by atoms with Crippen molar-refractivity contribution in [3.63, 3.8) is 0 Å². The molecule has 0 amide bonds.